The van der Waals surface area contributed by atoms with Gasteiger partial charge >= 0.3 is 0 Å². The third-order valence-electron chi connectivity index (χ3n) is 2.47. The minimum Gasteiger partial charge on any atom is -0.344 e. The summed E-state index contributed by atoms with van der Waals surface area (Å²) in [6.45, 7) is 3.22. The zero-order valence-corrected chi connectivity index (χ0v) is 13.4. The van der Waals surface area contributed by atoms with Crippen LogP contribution in [0.15, 0.2) is 0 Å². The molecule has 10 heteroatoms. The second-order valence-electron chi connectivity index (χ2n) is 4.94. The standard InChI is InChI=1S/C10H20O8S2/c1-7(2)10-17-8(5-15-19(3,11)12)9(18-10)6-16-20(4,13)14/h7-10H,5-6H2,1-4H3/t8-,9-/m1/s1/i5+2,6+2. The molecule has 1 aliphatic rings. The molecule has 0 spiro atoms. The van der Waals surface area contributed by atoms with Gasteiger partial charge < -0.3 is 9.47 Å². The third-order valence-corrected chi connectivity index (χ3v) is 3.60. The molecular weight excluding hydrogens is 316 g/mol. The predicted octanol–water partition coefficient (Wildman–Crippen LogP) is -0.295. The zero-order valence-electron chi connectivity index (χ0n) is 11.8. The van der Waals surface area contributed by atoms with E-state index in [2.05, 4.69) is 8.37 Å². The first kappa shape index (κ1) is 17.8. The molecule has 0 aromatic rings. The molecule has 2 atom stereocenters. The van der Waals surface area contributed by atoms with Crippen molar-refractivity contribution in [2.45, 2.75) is 32.3 Å². The summed E-state index contributed by atoms with van der Waals surface area (Å²) in [5.74, 6) is 0.0268. The van der Waals surface area contributed by atoms with Gasteiger partial charge in [0, 0.05) is 5.92 Å². The zero-order chi connectivity index (χ0) is 15.6. The maximum absolute atomic E-state index is 11.0. The van der Waals surface area contributed by atoms with Crippen molar-refractivity contribution in [3.8, 4) is 0 Å². The summed E-state index contributed by atoms with van der Waals surface area (Å²) >= 11 is 0. The highest BCUT2D eigenvalue weighted by Gasteiger charge is 2.39. The molecule has 1 saturated heterocycles. The van der Waals surface area contributed by atoms with Crippen molar-refractivity contribution in [1.29, 1.82) is 0 Å². The van der Waals surface area contributed by atoms with E-state index in [1.807, 2.05) is 13.8 Å². The van der Waals surface area contributed by atoms with Crippen LogP contribution >= 0.6 is 0 Å². The van der Waals surface area contributed by atoms with Crippen LogP contribution in [0.4, 0.5) is 0 Å². The Morgan fingerprint density at radius 2 is 1.25 bits per heavy atom. The van der Waals surface area contributed by atoms with E-state index in [0.29, 0.717) is 0 Å². The minimum atomic E-state index is -3.61. The van der Waals surface area contributed by atoms with Crippen LogP contribution < -0.4 is 0 Å². The lowest BCUT2D eigenvalue weighted by molar-refractivity contribution is -0.100. The number of hydrogen-bond donors (Lipinski definition) is 0. The van der Waals surface area contributed by atoms with Gasteiger partial charge in [-0.2, -0.15) is 16.8 Å². The van der Waals surface area contributed by atoms with Crippen molar-refractivity contribution >= 4 is 20.2 Å². The average molecular weight is 336 g/mol. The molecule has 1 heterocycles. The quantitative estimate of drug-likeness (QED) is 0.584. The molecule has 0 bridgehead atoms. The van der Waals surface area contributed by atoms with E-state index < -0.39 is 38.7 Å². The molecule has 0 aromatic heterocycles. The maximum Gasteiger partial charge on any atom is 0.264 e. The van der Waals surface area contributed by atoms with E-state index in [-0.39, 0.29) is 19.1 Å². The Balaban J connectivity index is 2.66. The average Bonchev–Trinajstić information content (AvgIpc) is 2.65. The van der Waals surface area contributed by atoms with Crippen LogP contribution in [0.25, 0.3) is 0 Å². The van der Waals surface area contributed by atoms with Crippen LogP contribution in [0.3, 0.4) is 0 Å². The van der Waals surface area contributed by atoms with Crippen molar-refractivity contribution in [2.24, 2.45) is 5.92 Å². The number of ether oxygens (including phenoxy) is 2. The van der Waals surface area contributed by atoms with Gasteiger partial charge in [0.25, 0.3) is 20.2 Å². The van der Waals surface area contributed by atoms with Gasteiger partial charge in [0.1, 0.15) is 12.2 Å². The maximum atomic E-state index is 11.0. The van der Waals surface area contributed by atoms with E-state index in [0.717, 1.165) is 12.5 Å². The van der Waals surface area contributed by atoms with Crippen molar-refractivity contribution in [3.63, 3.8) is 0 Å². The first-order valence-electron chi connectivity index (χ1n) is 5.97. The van der Waals surface area contributed by atoms with Crippen LogP contribution in [-0.4, -0.2) is 61.1 Å². The number of hydrogen-bond acceptors (Lipinski definition) is 8. The van der Waals surface area contributed by atoms with Gasteiger partial charge in [-0.25, -0.2) is 0 Å². The molecular formula is C10H20O8S2. The van der Waals surface area contributed by atoms with E-state index in [1.54, 1.807) is 0 Å². The Morgan fingerprint density at radius 1 is 0.900 bits per heavy atom. The Morgan fingerprint density at radius 3 is 1.50 bits per heavy atom. The lowest BCUT2D eigenvalue weighted by Gasteiger charge is -2.15. The molecule has 120 valence electrons. The molecule has 1 rings (SSSR count). The lowest BCUT2D eigenvalue weighted by Crippen LogP contribution is -2.33. The molecule has 0 amide bonds. The lowest BCUT2D eigenvalue weighted by atomic mass is 10.2. The van der Waals surface area contributed by atoms with Gasteiger partial charge in [-0.15, -0.1) is 0 Å². The highest BCUT2D eigenvalue weighted by atomic mass is 32.2. The van der Waals surface area contributed by atoms with Gasteiger partial charge in [-0.1, -0.05) is 13.8 Å². The molecule has 0 aromatic carbocycles. The fraction of sp³-hybridized carbons (Fsp3) is 1.00. The first-order chi connectivity index (χ1) is 8.98. The Hall–Kier alpha value is -0.260. The van der Waals surface area contributed by atoms with Gasteiger partial charge in [0.15, 0.2) is 6.29 Å². The van der Waals surface area contributed by atoms with E-state index in [1.165, 1.54) is 0 Å². The fourth-order valence-corrected chi connectivity index (χ4v) is 2.30. The Labute approximate surface area is 119 Å². The molecule has 1 fully saturated rings. The third kappa shape index (κ3) is 6.46. The highest BCUT2D eigenvalue weighted by molar-refractivity contribution is 7.86. The molecule has 20 heavy (non-hydrogen) atoms. The second-order valence-corrected chi connectivity index (χ2v) is 8.23. The first-order valence-corrected chi connectivity index (χ1v) is 9.61. The van der Waals surface area contributed by atoms with Gasteiger partial charge in [0.05, 0.1) is 25.7 Å². The fourth-order valence-electron chi connectivity index (χ4n) is 1.54. The van der Waals surface area contributed by atoms with Crippen molar-refractivity contribution < 1.29 is 34.7 Å². The summed E-state index contributed by atoms with van der Waals surface area (Å²) in [6.07, 6.45) is -0.135. The monoisotopic (exact) mass is 336 g/mol. The van der Waals surface area contributed by atoms with Crippen LogP contribution in [0.1, 0.15) is 13.8 Å². The predicted molar refractivity (Wildman–Crippen MR) is 70.0 cm³/mol. The summed E-state index contributed by atoms with van der Waals surface area (Å²) in [5.41, 5.74) is 0. The van der Waals surface area contributed by atoms with E-state index >= 15 is 0 Å². The summed E-state index contributed by atoms with van der Waals surface area (Å²) in [5, 5.41) is 0. The summed E-state index contributed by atoms with van der Waals surface area (Å²) in [6, 6.07) is 0. The van der Waals surface area contributed by atoms with Crippen molar-refractivity contribution in [3.05, 3.63) is 0 Å². The van der Waals surface area contributed by atoms with Gasteiger partial charge in [0.2, 0.25) is 0 Å². The Kier molecular flexibility index (Phi) is 5.93. The number of rotatable bonds is 7. The largest absolute Gasteiger partial charge is 0.344 e. The van der Waals surface area contributed by atoms with Crippen molar-refractivity contribution in [1.82, 2.24) is 0 Å². The van der Waals surface area contributed by atoms with Crippen LogP contribution in [0.5, 0.6) is 0 Å². The summed E-state index contributed by atoms with van der Waals surface area (Å²) in [4.78, 5) is 0. The van der Waals surface area contributed by atoms with Crippen molar-refractivity contribution in [2.75, 3.05) is 25.7 Å². The molecule has 8 nitrogen and oxygen atoms in total. The molecule has 0 unspecified atom stereocenters. The normalized spacial score (nSPS) is 25.4. The van der Waals surface area contributed by atoms with Crippen LogP contribution in [0.2, 0.25) is 0 Å². The summed E-state index contributed by atoms with van der Waals surface area (Å²) in [7, 11) is -7.22. The SMILES string of the molecule is CC(C)C1O[C@H]([14CH2]OS(C)(=O)=O)[C@@H]([14CH2]OS(C)(=O)=O)O1. The molecule has 0 N–H and O–H groups in total. The van der Waals surface area contributed by atoms with Crippen LogP contribution in [0, 0.1) is 5.92 Å². The Bertz CT molecular complexity index is 465. The van der Waals surface area contributed by atoms with Gasteiger partial charge in [-0.05, 0) is 0 Å². The van der Waals surface area contributed by atoms with E-state index in [9.17, 15) is 16.8 Å². The molecule has 1 aliphatic heterocycles. The van der Waals surface area contributed by atoms with Gasteiger partial charge in [-0.3, -0.25) is 8.37 Å². The molecule has 0 radical (unpaired) electrons. The second kappa shape index (κ2) is 6.67. The molecule has 0 saturated carbocycles. The molecule has 0 aliphatic carbocycles. The van der Waals surface area contributed by atoms with E-state index in [4.69, 9.17) is 9.47 Å². The smallest absolute Gasteiger partial charge is 0.264 e. The highest BCUT2D eigenvalue weighted by Crippen LogP contribution is 2.25. The minimum absolute atomic E-state index is 0.0268. The topological polar surface area (TPSA) is 105 Å². The van der Waals surface area contributed by atoms with Crippen LogP contribution in [-0.2, 0) is 38.1 Å². The summed E-state index contributed by atoms with van der Waals surface area (Å²) < 4.78 is 64.3.